The largest absolute Gasteiger partial charge is 0.348 e. The van der Waals surface area contributed by atoms with Gasteiger partial charge in [0.25, 0.3) is 0 Å². The fraction of sp³-hybridized carbons (Fsp3) is 0.636. The van der Waals surface area contributed by atoms with Crippen molar-refractivity contribution in [2.75, 3.05) is 0 Å². The van der Waals surface area contributed by atoms with Crippen LogP contribution >= 0.6 is 36.2 Å². The zero-order valence-corrected chi connectivity index (χ0v) is 12.3. The number of nitrogens with one attached hydrogen (secondary N) is 1. The van der Waals surface area contributed by atoms with Crippen molar-refractivity contribution in [1.29, 1.82) is 0 Å². The van der Waals surface area contributed by atoms with Crippen molar-refractivity contribution in [2.45, 2.75) is 43.7 Å². The van der Waals surface area contributed by atoms with Gasteiger partial charge in [-0.1, -0.05) is 0 Å². The number of halogens is 2. The summed E-state index contributed by atoms with van der Waals surface area (Å²) in [5.41, 5.74) is 6.41. The summed E-state index contributed by atoms with van der Waals surface area (Å²) >= 11 is 1.62. The van der Waals surface area contributed by atoms with Crippen molar-refractivity contribution in [3.8, 4) is 0 Å². The fourth-order valence-electron chi connectivity index (χ4n) is 1.67. The van der Waals surface area contributed by atoms with E-state index in [4.69, 9.17) is 5.73 Å². The first-order valence-electron chi connectivity index (χ1n) is 5.69. The van der Waals surface area contributed by atoms with Crippen LogP contribution in [-0.4, -0.2) is 16.4 Å². The molecule has 0 saturated heterocycles. The first kappa shape index (κ1) is 15.7. The summed E-state index contributed by atoms with van der Waals surface area (Å²) in [7, 11) is 0. The van der Waals surface area contributed by atoms with E-state index in [2.05, 4.69) is 15.7 Å². The van der Waals surface area contributed by atoms with E-state index in [0.717, 1.165) is 17.8 Å². The van der Waals surface area contributed by atoms with Gasteiger partial charge in [0.15, 0.2) is 0 Å². The summed E-state index contributed by atoms with van der Waals surface area (Å²) in [6.45, 7) is 0.523. The van der Waals surface area contributed by atoms with Crippen molar-refractivity contribution in [3.05, 3.63) is 16.1 Å². The van der Waals surface area contributed by atoms with Gasteiger partial charge in [0.1, 0.15) is 5.01 Å². The monoisotopic (exact) mass is 309 g/mol. The Bertz CT molecular complexity index is 430. The molecular weight excluding hydrogens is 293 g/mol. The van der Waals surface area contributed by atoms with E-state index in [1.807, 2.05) is 0 Å². The molecule has 7 heteroatoms. The second-order valence-corrected chi connectivity index (χ2v) is 5.72. The Morgan fingerprint density at radius 2 is 2.17 bits per heavy atom. The van der Waals surface area contributed by atoms with Crippen molar-refractivity contribution in [2.24, 2.45) is 5.73 Å². The van der Waals surface area contributed by atoms with Crippen molar-refractivity contribution in [3.63, 3.8) is 0 Å². The van der Waals surface area contributed by atoms with Crippen LogP contribution in [0.3, 0.4) is 0 Å². The van der Waals surface area contributed by atoms with Crippen LogP contribution in [0.1, 0.15) is 42.3 Å². The van der Waals surface area contributed by atoms with Crippen LogP contribution in [-0.2, 0) is 11.3 Å². The number of amides is 1. The first-order chi connectivity index (χ1) is 7.67. The Balaban J connectivity index is 0.000000810. The summed E-state index contributed by atoms with van der Waals surface area (Å²) < 4.78 is 0. The standard InChI is InChI=1S/C11H15N3OS.2ClH/c12-11(3-4-11)10(15)13-5-9-14-8(6-16-9)7-1-2-7;;/h6-7H,1-5,12H2,(H,13,15);2*1H. The van der Waals surface area contributed by atoms with E-state index in [1.54, 1.807) is 11.3 Å². The van der Waals surface area contributed by atoms with E-state index >= 15 is 0 Å². The van der Waals surface area contributed by atoms with Crippen LogP contribution in [0.25, 0.3) is 0 Å². The molecule has 4 nitrogen and oxygen atoms in total. The Hall–Kier alpha value is -0.360. The molecule has 0 bridgehead atoms. The maximum absolute atomic E-state index is 11.6. The number of hydrogen-bond donors (Lipinski definition) is 2. The number of rotatable bonds is 4. The average molecular weight is 310 g/mol. The average Bonchev–Trinajstić information content (AvgIpc) is 3.19. The van der Waals surface area contributed by atoms with Gasteiger partial charge in [-0.25, -0.2) is 4.98 Å². The molecule has 18 heavy (non-hydrogen) atoms. The van der Waals surface area contributed by atoms with Gasteiger partial charge in [0.05, 0.1) is 17.8 Å². The number of nitrogens with zero attached hydrogens (tertiary/aromatic N) is 1. The lowest BCUT2D eigenvalue weighted by atomic mass is 10.3. The highest BCUT2D eigenvalue weighted by Crippen LogP contribution is 2.40. The normalized spacial score (nSPS) is 19.4. The number of thiazole rings is 1. The number of carbonyl (C=O) groups is 1. The lowest BCUT2D eigenvalue weighted by molar-refractivity contribution is -0.123. The van der Waals surface area contributed by atoms with Gasteiger partial charge in [0.2, 0.25) is 5.91 Å². The minimum atomic E-state index is -0.573. The maximum atomic E-state index is 11.6. The summed E-state index contributed by atoms with van der Waals surface area (Å²) in [6.07, 6.45) is 4.15. The van der Waals surface area contributed by atoms with Gasteiger partial charge in [-0.15, -0.1) is 36.2 Å². The van der Waals surface area contributed by atoms with Gasteiger partial charge in [0, 0.05) is 11.3 Å². The van der Waals surface area contributed by atoms with Gasteiger partial charge in [-0.05, 0) is 25.7 Å². The third kappa shape index (κ3) is 3.35. The molecule has 0 unspecified atom stereocenters. The Labute approximate surface area is 123 Å². The van der Waals surface area contributed by atoms with E-state index < -0.39 is 5.54 Å². The Morgan fingerprint density at radius 1 is 1.50 bits per heavy atom. The minimum Gasteiger partial charge on any atom is -0.348 e. The van der Waals surface area contributed by atoms with E-state index in [1.165, 1.54) is 18.5 Å². The number of nitrogens with two attached hydrogens (primary N) is 1. The van der Waals surface area contributed by atoms with E-state index in [-0.39, 0.29) is 30.7 Å². The quantitative estimate of drug-likeness (QED) is 0.893. The third-order valence-corrected chi connectivity index (χ3v) is 4.07. The molecule has 1 amide bonds. The number of aromatic nitrogens is 1. The van der Waals surface area contributed by atoms with E-state index in [9.17, 15) is 4.79 Å². The summed E-state index contributed by atoms with van der Waals surface area (Å²) in [5, 5.41) is 5.95. The Morgan fingerprint density at radius 3 is 2.72 bits per heavy atom. The SMILES string of the molecule is Cl.Cl.NC1(C(=O)NCc2nc(C3CC3)cs2)CC1. The van der Waals surface area contributed by atoms with Crippen molar-refractivity contribution >= 4 is 42.1 Å². The lowest BCUT2D eigenvalue weighted by Crippen LogP contribution is -2.42. The maximum Gasteiger partial charge on any atom is 0.240 e. The van der Waals surface area contributed by atoms with Gasteiger partial charge in [-0.2, -0.15) is 0 Å². The van der Waals surface area contributed by atoms with Crippen LogP contribution in [0.4, 0.5) is 0 Å². The first-order valence-corrected chi connectivity index (χ1v) is 6.57. The molecule has 0 spiro atoms. The van der Waals surface area contributed by atoms with Crippen LogP contribution in [0, 0.1) is 0 Å². The smallest absolute Gasteiger partial charge is 0.240 e. The minimum absolute atomic E-state index is 0. The molecule has 0 radical (unpaired) electrons. The molecule has 1 heterocycles. The molecule has 0 aromatic carbocycles. The number of hydrogen-bond acceptors (Lipinski definition) is 4. The highest BCUT2D eigenvalue weighted by molar-refractivity contribution is 7.09. The van der Waals surface area contributed by atoms with Crippen molar-refractivity contribution < 1.29 is 4.79 Å². The van der Waals surface area contributed by atoms with Crippen LogP contribution in [0.5, 0.6) is 0 Å². The van der Waals surface area contributed by atoms with Gasteiger partial charge in [-0.3, -0.25) is 4.79 Å². The summed E-state index contributed by atoms with van der Waals surface area (Å²) in [4.78, 5) is 16.1. The highest BCUT2D eigenvalue weighted by atomic mass is 35.5. The Kier molecular flexibility index (Phi) is 5.00. The molecule has 0 aliphatic heterocycles. The molecule has 2 fully saturated rings. The van der Waals surface area contributed by atoms with E-state index in [0.29, 0.717) is 12.5 Å². The molecule has 3 rings (SSSR count). The molecular formula is C11H17Cl2N3OS. The second kappa shape index (κ2) is 5.74. The second-order valence-electron chi connectivity index (χ2n) is 4.78. The summed E-state index contributed by atoms with van der Waals surface area (Å²) in [6, 6.07) is 0. The van der Waals surface area contributed by atoms with Crippen LogP contribution in [0.15, 0.2) is 5.38 Å². The molecule has 0 atom stereocenters. The molecule has 2 aliphatic rings. The summed E-state index contributed by atoms with van der Waals surface area (Å²) in [5.74, 6) is 0.653. The molecule has 3 N–H and O–H groups in total. The third-order valence-electron chi connectivity index (χ3n) is 3.21. The van der Waals surface area contributed by atoms with Crippen LogP contribution in [0.2, 0.25) is 0 Å². The molecule has 2 saturated carbocycles. The molecule has 1 aromatic heterocycles. The topological polar surface area (TPSA) is 68.0 Å². The number of carbonyl (C=O) groups excluding carboxylic acids is 1. The predicted octanol–water partition coefficient (Wildman–Crippen LogP) is 1.97. The predicted molar refractivity (Wildman–Crippen MR) is 76.6 cm³/mol. The van der Waals surface area contributed by atoms with Crippen molar-refractivity contribution in [1.82, 2.24) is 10.3 Å². The zero-order valence-electron chi connectivity index (χ0n) is 9.85. The highest BCUT2D eigenvalue weighted by Gasteiger charge is 2.45. The van der Waals surface area contributed by atoms with Gasteiger partial charge >= 0.3 is 0 Å². The van der Waals surface area contributed by atoms with Gasteiger partial charge < -0.3 is 11.1 Å². The molecule has 2 aliphatic carbocycles. The van der Waals surface area contributed by atoms with Crippen LogP contribution < -0.4 is 11.1 Å². The fourth-order valence-corrected chi connectivity index (χ4v) is 2.48. The lowest BCUT2D eigenvalue weighted by Gasteiger charge is -2.07. The molecule has 1 aromatic rings. The zero-order chi connectivity index (χ0) is 11.2. The molecule has 102 valence electrons.